The maximum absolute atomic E-state index is 13.6. The van der Waals surface area contributed by atoms with Crippen LogP contribution in [-0.2, 0) is 14.3 Å². The van der Waals surface area contributed by atoms with Gasteiger partial charge in [0.05, 0.1) is 39.6 Å². The van der Waals surface area contributed by atoms with E-state index in [1.54, 1.807) is 25.1 Å². The molecule has 174 valence electrons. The van der Waals surface area contributed by atoms with Crippen molar-refractivity contribution in [2.24, 2.45) is 0 Å². The van der Waals surface area contributed by atoms with E-state index in [9.17, 15) is 9.59 Å². The van der Waals surface area contributed by atoms with E-state index in [1.807, 2.05) is 24.3 Å². The van der Waals surface area contributed by atoms with Gasteiger partial charge in [-0.25, -0.2) is 4.79 Å². The first-order chi connectivity index (χ1) is 15.8. The molecule has 0 radical (unpaired) electrons. The molecule has 1 aliphatic rings. The van der Waals surface area contributed by atoms with Gasteiger partial charge in [0.15, 0.2) is 11.5 Å². The fraction of sp³-hybridized carbons (Fsp3) is 0.308. The van der Waals surface area contributed by atoms with Gasteiger partial charge in [-0.15, -0.1) is 0 Å². The van der Waals surface area contributed by atoms with Crippen LogP contribution in [0.15, 0.2) is 53.2 Å². The van der Waals surface area contributed by atoms with Crippen LogP contribution in [0.1, 0.15) is 37.8 Å². The second-order valence-electron chi connectivity index (χ2n) is 7.82. The summed E-state index contributed by atoms with van der Waals surface area (Å²) < 4.78 is 21.3. The van der Waals surface area contributed by atoms with Crippen molar-refractivity contribution < 1.29 is 28.5 Å². The lowest BCUT2D eigenvalue weighted by Gasteiger charge is -2.19. The average molecular weight is 452 g/mol. The molecule has 0 aromatic heterocycles. The number of allylic oxidation sites excluding steroid dienone is 1. The van der Waals surface area contributed by atoms with Gasteiger partial charge < -0.3 is 18.9 Å². The van der Waals surface area contributed by atoms with E-state index in [1.165, 1.54) is 33.3 Å². The molecule has 3 rings (SSSR count). The highest BCUT2D eigenvalue weighted by atomic mass is 16.5. The molecule has 2 aromatic carbocycles. The highest BCUT2D eigenvalue weighted by Crippen LogP contribution is 2.42. The maximum atomic E-state index is 13.6. The lowest BCUT2D eigenvalue weighted by atomic mass is 10.0. The zero-order chi connectivity index (χ0) is 24.3. The minimum atomic E-state index is -0.590. The quantitative estimate of drug-likeness (QED) is 0.448. The Kier molecular flexibility index (Phi) is 7.11. The van der Waals surface area contributed by atoms with Crippen LogP contribution in [0, 0.1) is 0 Å². The molecule has 0 unspecified atom stereocenters. The number of carbonyl (C=O) groups is 2. The van der Waals surface area contributed by atoms with Crippen LogP contribution in [0.3, 0.4) is 0 Å². The summed E-state index contributed by atoms with van der Waals surface area (Å²) >= 11 is 0. The fourth-order valence-electron chi connectivity index (χ4n) is 3.89. The molecule has 0 spiro atoms. The number of carbonyl (C=O) groups excluding carboxylic acids is 2. The summed E-state index contributed by atoms with van der Waals surface area (Å²) in [6.45, 7) is 5.94. The van der Waals surface area contributed by atoms with E-state index < -0.39 is 5.97 Å². The molecule has 0 atom stereocenters. The number of hydrogen-bond acceptors (Lipinski definition) is 6. The Bertz CT molecular complexity index is 1130. The minimum Gasteiger partial charge on any atom is -0.493 e. The van der Waals surface area contributed by atoms with Crippen molar-refractivity contribution in [1.82, 2.24) is 0 Å². The Balaban J connectivity index is 2.17. The monoisotopic (exact) mass is 451 g/mol. The van der Waals surface area contributed by atoms with Crippen molar-refractivity contribution in [2.45, 2.75) is 26.7 Å². The Labute approximate surface area is 194 Å². The molecule has 2 aromatic rings. The number of esters is 1. The lowest BCUT2D eigenvalue weighted by molar-refractivity contribution is -0.136. The second kappa shape index (κ2) is 9.81. The van der Waals surface area contributed by atoms with E-state index in [2.05, 4.69) is 13.8 Å². The van der Waals surface area contributed by atoms with Crippen molar-refractivity contribution in [1.29, 1.82) is 0 Å². The van der Waals surface area contributed by atoms with Crippen LogP contribution in [0.25, 0.3) is 6.08 Å². The van der Waals surface area contributed by atoms with Gasteiger partial charge in [0.25, 0.3) is 5.91 Å². The number of hydrogen-bond donors (Lipinski definition) is 0. The van der Waals surface area contributed by atoms with Gasteiger partial charge in [-0.3, -0.25) is 9.69 Å². The summed E-state index contributed by atoms with van der Waals surface area (Å²) in [5.74, 6) is 0.708. The zero-order valence-electron chi connectivity index (χ0n) is 20.0. The number of rotatable bonds is 7. The Morgan fingerprint density at radius 2 is 1.55 bits per heavy atom. The first-order valence-electron chi connectivity index (χ1n) is 10.5. The molecule has 0 aliphatic carbocycles. The van der Waals surface area contributed by atoms with Gasteiger partial charge in [-0.05, 0) is 48.7 Å². The van der Waals surface area contributed by atoms with Crippen molar-refractivity contribution in [3.63, 3.8) is 0 Å². The third-order valence-electron chi connectivity index (χ3n) is 5.64. The fourth-order valence-corrected chi connectivity index (χ4v) is 3.89. The van der Waals surface area contributed by atoms with Crippen LogP contribution < -0.4 is 19.1 Å². The largest absolute Gasteiger partial charge is 0.493 e. The Morgan fingerprint density at radius 1 is 0.909 bits per heavy atom. The van der Waals surface area contributed by atoms with E-state index in [0.29, 0.717) is 40.1 Å². The summed E-state index contributed by atoms with van der Waals surface area (Å²) in [5, 5.41) is 0. The molecule has 1 heterocycles. The van der Waals surface area contributed by atoms with Crippen LogP contribution in [-0.4, -0.2) is 40.3 Å². The van der Waals surface area contributed by atoms with E-state index >= 15 is 0 Å². The first-order valence-corrected chi connectivity index (χ1v) is 10.5. The third-order valence-corrected chi connectivity index (χ3v) is 5.64. The molecule has 0 fully saturated rings. The number of amides is 1. The highest BCUT2D eigenvalue weighted by molar-refractivity contribution is 6.24. The maximum Gasteiger partial charge on any atom is 0.340 e. The van der Waals surface area contributed by atoms with Crippen molar-refractivity contribution in [3.05, 3.63) is 64.4 Å². The van der Waals surface area contributed by atoms with Gasteiger partial charge in [0.2, 0.25) is 5.75 Å². The summed E-state index contributed by atoms with van der Waals surface area (Å²) in [6, 6.07) is 11.2. The van der Waals surface area contributed by atoms with E-state index in [0.717, 1.165) is 5.56 Å². The van der Waals surface area contributed by atoms with E-state index in [-0.39, 0.29) is 17.1 Å². The van der Waals surface area contributed by atoms with Crippen LogP contribution in [0.2, 0.25) is 0 Å². The van der Waals surface area contributed by atoms with E-state index in [4.69, 9.17) is 18.9 Å². The number of benzene rings is 2. The van der Waals surface area contributed by atoms with Crippen LogP contribution in [0.4, 0.5) is 5.69 Å². The standard InChI is InChI=1S/C26H29NO6/c1-15(2)17-8-11-19(12-9-17)27-16(3)22(26(29)33-7)20(25(27)28)14-18-10-13-21(30-4)24(32-6)23(18)31-5/h8-15H,1-7H3/b20-14-. The molecule has 0 saturated carbocycles. The van der Waals surface area contributed by atoms with Gasteiger partial charge >= 0.3 is 5.97 Å². The second-order valence-corrected chi connectivity index (χ2v) is 7.82. The van der Waals surface area contributed by atoms with Crippen molar-refractivity contribution >= 4 is 23.6 Å². The molecule has 1 amide bonds. The number of methoxy groups -OCH3 is 4. The SMILES string of the molecule is COC(=O)C1=C(C)N(c2ccc(C(C)C)cc2)C(=O)/C1=C\c1ccc(OC)c(OC)c1OC. The molecular formula is C26H29NO6. The number of anilines is 1. The van der Waals surface area contributed by atoms with Gasteiger partial charge in [-0.1, -0.05) is 26.0 Å². The topological polar surface area (TPSA) is 74.3 Å². The Morgan fingerprint density at radius 3 is 2.06 bits per heavy atom. The molecule has 0 bridgehead atoms. The molecule has 7 heteroatoms. The van der Waals surface area contributed by atoms with Crippen molar-refractivity contribution in [2.75, 3.05) is 33.3 Å². The van der Waals surface area contributed by atoms with Gasteiger partial charge in [0.1, 0.15) is 0 Å². The lowest BCUT2D eigenvalue weighted by Crippen LogP contribution is -2.24. The normalized spacial score (nSPS) is 14.8. The van der Waals surface area contributed by atoms with Crippen molar-refractivity contribution in [3.8, 4) is 17.2 Å². The summed E-state index contributed by atoms with van der Waals surface area (Å²) in [7, 11) is 5.83. The van der Waals surface area contributed by atoms with Gasteiger partial charge in [-0.2, -0.15) is 0 Å². The minimum absolute atomic E-state index is 0.201. The molecule has 0 saturated heterocycles. The predicted molar refractivity (Wildman–Crippen MR) is 127 cm³/mol. The summed E-state index contributed by atoms with van der Waals surface area (Å²) in [4.78, 5) is 27.8. The molecule has 0 N–H and O–H groups in total. The molecule has 1 aliphatic heterocycles. The Hall–Kier alpha value is -3.74. The zero-order valence-corrected chi connectivity index (χ0v) is 20.0. The smallest absolute Gasteiger partial charge is 0.340 e. The number of nitrogens with zero attached hydrogens (tertiary/aromatic N) is 1. The van der Waals surface area contributed by atoms with Gasteiger partial charge in [0, 0.05) is 16.9 Å². The summed E-state index contributed by atoms with van der Waals surface area (Å²) in [5.41, 5.74) is 3.29. The average Bonchev–Trinajstić information content (AvgIpc) is 3.07. The molecular weight excluding hydrogens is 422 g/mol. The summed E-state index contributed by atoms with van der Waals surface area (Å²) in [6.07, 6.45) is 1.61. The molecule has 33 heavy (non-hydrogen) atoms. The highest BCUT2D eigenvalue weighted by Gasteiger charge is 2.38. The molecule has 7 nitrogen and oxygen atoms in total. The van der Waals surface area contributed by atoms with Crippen LogP contribution >= 0.6 is 0 Å². The number of ether oxygens (including phenoxy) is 4. The first kappa shape index (κ1) is 23.9. The third kappa shape index (κ3) is 4.31. The van der Waals surface area contributed by atoms with Crippen LogP contribution in [0.5, 0.6) is 17.2 Å². The predicted octanol–water partition coefficient (Wildman–Crippen LogP) is 4.71.